The Morgan fingerprint density at radius 1 is 1.28 bits per heavy atom. The largest absolute Gasteiger partial charge is 0.388 e. The van der Waals surface area contributed by atoms with Gasteiger partial charge in [0.15, 0.2) is 5.69 Å². The summed E-state index contributed by atoms with van der Waals surface area (Å²) in [5.74, 6) is -0.404. The fraction of sp³-hybridized carbons (Fsp3) is 0.737. The zero-order chi connectivity index (χ0) is 21.0. The molecule has 1 aromatic heterocycles. The van der Waals surface area contributed by atoms with Crippen LogP contribution in [-0.4, -0.2) is 80.9 Å². The third-order valence-electron chi connectivity index (χ3n) is 5.74. The standard InChI is InChI=1S/C19H29F2N5O3/c1-14(27)22-15-3-9-24(10-4-15)13-19(29)6-2-8-25(12-7-19)17(28)16-5-11-26(23-16)18(20)21/h5,11,15,18,29H,2-4,6-10,12-13H2,1H3,(H,22,27)/t19-/m0/s1. The number of hydrogen-bond donors (Lipinski definition) is 2. The molecular formula is C19H29F2N5O3. The Labute approximate surface area is 168 Å². The smallest absolute Gasteiger partial charge is 0.333 e. The fourth-order valence-corrected chi connectivity index (χ4v) is 4.20. The van der Waals surface area contributed by atoms with Crippen LogP contribution in [0.5, 0.6) is 0 Å². The van der Waals surface area contributed by atoms with Crippen LogP contribution in [0.1, 0.15) is 56.1 Å². The first-order valence-corrected chi connectivity index (χ1v) is 10.1. The van der Waals surface area contributed by atoms with Gasteiger partial charge in [0, 0.05) is 51.9 Å². The molecule has 0 radical (unpaired) electrons. The van der Waals surface area contributed by atoms with Gasteiger partial charge in [-0.05, 0) is 38.2 Å². The number of carbonyl (C=O) groups is 2. The summed E-state index contributed by atoms with van der Waals surface area (Å²) in [6.07, 6.45) is 4.45. The Kier molecular flexibility index (Phi) is 6.84. The number of alkyl halides is 2. The third-order valence-corrected chi connectivity index (χ3v) is 5.74. The third kappa shape index (κ3) is 5.72. The van der Waals surface area contributed by atoms with Crippen molar-refractivity contribution in [3.05, 3.63) is 18.0 Å². The van der Waals surface area contributed by atoms with E-state index in [0.29, 0.717) is 43.6 Å². The number of carbonyl (C=O) groups excluding carboxylic acids is 2. The second-order valence-corrected chi connectivity index (χ2v) is 8.08. The number of likely N-dealkylation sites (tertiary alicyclic amines) is 2. The highest BCUT2D eigenvalue weighted by Gasteiger charge is 2.35. The second-order valence-electron chi connectivity index (χ2n) is 8.08. The molecule has 2 aliphatic heterocycles. The summed E-state index contributed by atoms with van der Waals surface area (Å²) in [5, 5.41) is 17.7. The maximum atomic E-state index is 12.7. The molecule has 2 fully saturated rings. The number of nitrogens with zero attached hydrogens (tertiary/aromatic N) is 4. The van der Waals surface area contributed by atoms with E-state index in [1.807, 2.05) is 0 Å². The summed E-state index contributed by atoms with van der Waals surface area (Å²) in [6.45, 7) is 1.71. The molecule has 2 amide bonds. The molecule has 0 spiro atoms. The van der Waals surface area contributed by atoms with Crippen LogP contribution < -0.4 is 5.32 Å². The summed E-state index contributed by atoms with van der Waals surface area (Å²) in [6, 6.07) is 1.49. The average molecular weight is 413 g/mol. The number of amides is 2. The minimum absolute atomic E-state index is 0.00390. The van der Waals surface area contributed by atoms with Gasteiger partial charge in [0.2, 0.25) is 5.91 Å². The molecule has 2 N–H and O–H groups in total. The molecule has 1 atom stereocenters. The number of piperidine rings is 1. The van der Waals surface area contributed by atoms with Crippen molar-refractivity contribution >= 4 is 11.8 Å². The number of nitrogens with one attached hydrogen (secondary N) is 1. The van der Waals surface area contributed by atoms with Gasteiger partial charge in [0.05, 0.1) is 5.60 Å². The molecule has 2 saturated heterocycles. The van der Waals surface area contributed by atoms with Gasteiger partial charge in [0.25, 0.3) is 5.91 Å². The molecule has 0 unspecified atom stereocenters. The molecule has 3 heterocycles. The normalized spacial score (nSPS) is 24.5. The molecule has 1 aromatic rings. The van der Waals surface area contributed by atoms with Crippen LogP contribution in [0.2, 0.25) is 0 Å². The summed E-state index contributed by atoms with van der Waals surface area (Å²) in [4.78, 5) is 27.6. The molecule has 2 aliphatic rings. The Morgan fingerprint density at radius 3 is 2.62 bits per heavy atom. The van der Waals surface area contributed by atoms with Gasteiger partial charge in [-0.1, -0.05) is 0 Å². The average Bonchev–Trinajstić information content (AvgIpc) is 3.08. The van der Waals surface area contributed by atoms with E-state index in [-0.39, 0.29) is 23.6 Å². The van der Waals surface area contributed by atoms with Crippen molar-refractivity contribution in [3.8, 4) is 0 Å². The quantitative estimate of drug-likeness (QED) is 0.758. The van der Waals surface area contributed by atoms with E-state index in [2.05, 4.69) is 15.3 Å². The minimum Gasteiger partial charge on any atom is -0.388 e. The first-order chi connectivity index (χ1) is 13.8. The van der Waals surface area contributed by atoms with Gasteiger partial charge in [0.1, 0.15) is 0 Å². The monoisotopic (exact) mass is 413 g/mol. The van der Waals surface area contributed by atoms with Crippen LogP contribution in [-0.2, 0) is 4.79 Å². The van der Waals surface area contributed by atoms with Gasteiger partial charge in [-0.25, -0.2) is 4.68 Å². The van der Waals surface area contributed by atoms with Gasteiger partial charge in [-0.15, -0.1) is 0 Å². The Morgan fingerprint density at radius 2 is 2.00 bits per heavy atom. The molecule has 0 aromatic carbocycles. The summed E-state index contributed by atoms with van der Waals surface area (Å²) >= 11 is 0. The van der Waals surface area contributed by atoms with E-state index in [0.717, 1.165) is 32.1 Å². The first-order valence-electron chi connectivity index (χ1n) is 10.1. The predicted molar refractivity (Wildman–Crippen MR) is 101 cm³/mol. The molecule has 29 heavy (non-hydrogen) atoms. The Bertz CT molecular complexity index is 720. The van der Waals surface area contributed by atoms with E-state index >= 15 is 0 Å². The molecule has 3 rings (SSSR count). The van der Waals surface area contributed by atoms with Crippen molar-refractivity contribution < 1.29 is 23.5 Å². The number of halogens is 2. The van der Waals surface area contributed by atoms with Crippen molar-refractivity contribution in [1.29, 1.82) is 0 Å². The van der Waals surface area contributed by atoms with E-state index in [1.54, 1.807) is 4.90 Å². The van der Waals surface area contributed by atoms with Crippen molar-refractivity contribution in [1.82, 2.24) is 24.9 Å². The van der Waals surface area contributed by atoms with Gasteiger partial charge in [-0.2, -0.15) is 13.9 Å². The summed E-state index contributed by atoms with van der Waals surface area (Å²) in [5.41, 5.74) is -0.895. The van der Waals surface area contributed by atoms with Crippen molar-refractivity contribution in [2.75, 3.05) is 32.7 Å². The van der Waals surface area contributed by atoms with Crippen molar-refractivity contribution in [2.45, 2.75) is 57.2 Å². The molecule has 10 heteroatoms. The SMILES string of the molecule is CC(=O)NC1CCN(C[C@]2(O)CCCN(C(=O)c3ccn(C(F)F)n3)CC2)CC1. The van der Waals surface area contributed by atoms with Crippen LogP contribution in [0.15, 0.2) is 12.3 Å². The maximum Gasteiger partial charge on any atom is 0.333 e. The number of aliphatic hydroxyl groups is 1. The molecular weight excluding hydrogens is 384 g/mol. The van der Waals surface area contributed by atoms with Crippen molar-refractivity contribution in [3.63, 3.8) is 0 Å². The molecule has 162 valence electrons. The lowest BCUT2D eigenvalue weighted by molar-refractivity contribution is -0.120. The minimum atomic E-state index is -2.78. The molecule has 0 bridgehead atoms. The lowest BCUT2D eigenvalue weighted by atomic mass is 9.93. The van der Waals surface area contributed by atoms with E-state index in [4.69, 9.17) is 0 Å². The van der Waals surface area contributed by atoms with Gasteiger partial charge in [-0.3, -0.25) is 9.59 Å². The lowest BCUT2D eigenvalue weighted by Gasteiger charge is -2.38. The predicted octanol–water partition coefficient (Wildman–Crippen LogP) is 1.24. The molecule has 0 saturated carbocycles. The van der Waals surface area contributed by atoms with Crippen LogP contribution in [0, 0.1) is 0 Å². The Balaban J connectivity index is 1.52. The highest BCUT2D eigenvalue weighted by atomic mass is 19.3. The van der Waals surface area contributed by atoms with Gasteiger partial charge >= 0.3 is 6.55 Å². The zero-order valence-electron chi connectivity index (χ0n) is 16.7. The number of hydrogen-bond acceptors (Lipinski definition) is 5. The topological polar surface area (TPSA) is 90.7 Å². The van der Waals surface area contributed by atoms with E-state index in [9.17, 15) is 23.5 Å². The van der Waals surface area contributed by atoms with Crippen LogP contribution in [0.3, 0.4) is 0 Å². The molecule has 0 aliphatic carbocycles. The Hall–Kier alpha value is -2.07. The number of aromatic nitrogens is 2. The second kappa shape index (κ2) is 9.17. The highest BCUT2D eigenvalue weighted by Crippen LogP contribution is 2.26. The van der Waals surface area contributed by atoms with Crippen LogP contribution >= 0.6 is 0 Å². The zero-order valence-corrected chi connectivity index (χ0v) is 16.7. The fourth-order valence-electron chi connectivity index (χ4n) is 4.20. The van der Waals surface area contributed by atoms with E-state index < -0.39 is 12.2 Å². The van der Waals surface area contributed by atoms with Crippen LogP contribution in [0.4, 0.5) is 8.78 Å². The summed E-state index contributed by atoms with van der Waals surface area (Å²) < 4.78 is 25.8. The molecule has 8 nitrogen and oxygen atoms in total. The maximum absolute atomic E-state index is 12.7. The number of β-amino-alcohol motifs (C(OH)–C–C–N with tert-alkyl or cyclic N) is 1. The van der Waals surface area contributed by atoms with E-state index in [1.165, 1.54) is 13.0 Å². The van der Waals surface area contributed by atoms with Gasteiger partial charge < -0.3 is 20.2 Å². The van der Waals surface area contributed by atoms with Crippen molar-refractivity contribution in [2.24, 2.45) is 0 Å². The first kappa shape index (κ1) is 21.6. The highest BCUT2D eigenvalue weighted by molar-refractivity contribution is 5.92. The number of rotatable bonds is 5. The van der Waals surface area contributed by atoms with Crippen LogP contribution in [0.25, 0.3) is 0 Å². The summed E-state index contributed by atoms with van der Waals surface area (Å²) in [7, 11) is 0. The lowest BCUT2D eigenvalue weighted by Crippen LogP contribution is -2.50.